The average molecular weight is 329 g/mol. The second kappa shape index (κ2) is 6.11. The highest BCUT2D eigenvalue weighted by molar-refractivity contribution is 5.98. The van der Waals surface area contributed by atoms with Gasteiger partial charge in [0, 0.05) is 11.3 Å². The Hall–Kier alpha value is -3.22. The van der Waals surface area contributed by atoms with Gasteiger partial charge in [-0.3, -0.25) is 0 Å². The lowest BCUT2D eigenvalue weighted by Crippen LogP contribution is -2.10. The average Bonchev–Trinajstić information content (AvgIpc) is 2.90. The van der Waals surface area contributed by atoms with Crippen LogP contribution in [0, 0.1) is 0 Å². The maximum Gasteiger partial charge on any atom is 0.344 e. The number of carbonyl (C=O) groups is 2. The van der Waals surface area contributed by atoms with Gasteiger partial charge >= 0.3 is 11.9 Å². The maximum absolute atomic E-state index is 12.2. The first-order chi connectivity index (χ1) is 11.5. The Kier molecular flexibility index (Phi) is 3.99. The molecule has 0 saturated heterocycles. The minimum atomic E-state index is -1.00. The number of fused-ring (bicyclic) bond motifs is 1. The molecule has 0 amide bonds. The third kappa shape index (κ3) is 2.60. The number of carboxylic acids is 1. The van der Waals surface area contributed by atoms with E-state index in [-0.39, 0.29) is 5.56 Å². The second-order valence-corrected chi connectivity index (χ2v) is 5.08. The van der Waals surface area contributed by atoms with Gasteiger partial charge in [-0.05, 0) is 36.4 Å². The number of ether oxygens (including phenoxy) is 3. The summed E-state index contributed by atoms with van der Waals surface area (Å²) in [6.45, 7) is 0. The van der Waals surface area contributed by atoms with Gasteiger partial charge in [-0.2, -0.15) is 0 Å². The Labute approximate surface area is 137 Å². The van der Waals surface area contributed by atoms with Gasteiger partial charge in [0.2, 0.25) is 6.23 Å². The molecule has 0 aromatic heterocycles. The third-order valence-electron chi connectivity index (χ3n) is 3.72. The maximum atomic E-state index is 12.2. The van der Waals surface area contributed by atoms with E-state index in [1.807, 2.05) is 0 Å². The summed E-state index contributed by atoms with van der Waals surface area (Å²) in [7, 11) is 2.95. The molecule has 2 N–H and O–H groups in total. The number of nitrogens with one attached hydrogen (secondary N) is 1. The predicted octanol–water partition coefficient (Wildman–Crippen LogP) is 2.68. The molecule has 0 bridgehead atoms. The van der Waals surface area contributed by atoms with Crippen LogP contribution in [0.1, 0.15) is 32.5 Å². The zero-order valence-electron chi connectivity index (χ0n) is 13.0. The molecule has 1 unspecified atom stereocenters. The molecule has 1 heterocycles. The van der Waals surface area contributed by atoms with Gasteiger partial charge in [-0.1, -0.05) is 0 Å². The van der Waals surface area contributed by atoms with Crippen LogP contribution in [0.4, 0.5) is 5.69 Å². The van der Waals surface area contributed by atoms with Gasteiger partial charge in [0.05, 0.1) is 19.8 Å². The largest absolute Gasteiger partial charge is 0.493 e. The first-order valence-electron chi connectivity index (χ1n) is 7.11. The number of anilines is 1. The number of cyclic esters (lactones) is 1. The van der Waals surface area contributed by atoms with E-state index < -0.39 is 18.2 Å². The molecule has 0 saturated carbocycles. The molecule has 1 atom stereocenters. The fraction of sp³-hybridized carbons (Fsp3) is 0.176. The van der Waals surface area contributed by atoms with Gasteiger partial charge in [0.1, 0.15) is 5.56 Å². The van der Waals surface area contributed by atoms with Crippen molar-refractivity contribution in [2.24, 2.45) is 0 Å². The van der Waals surface area contributed by atoms with Crippen molar-refractivity contribution in [2.75, 3.05) is 19.5 Å². The van der Waals surface area contributed by atoms with E-state index in [9.17, 15) is 9.59 Å². The summed E-state index contributed by atoms with van der Waals surface area (Å²) in [5.74, 6) is -0.749. The lowest BCUT2D eigenvalue weighted by molar-refractivity contribution is 0.0435. The van der Waals surface area contributed by atoms with Crippen LogP contribution in [-0.4, -0.2) is 31.3 Å². The van der Waals surface area contributed by atoms with E-state index in [1.165, 1.54) is 26.4 Å². The van der Waals surface area contributed by atoms with E-state index in [1.54, 1.807) is 24.3 Å². The van der Waals surface area contributed by atoms with Crippen LogP contribution in [0.15, 0.2) is 36.4 Å². The van der Waals surface area contributed by atoms with Crippen molar-refractivity contribution in [3.63, 3.8) is 0 Å². The van der Waals surface area contributed by atoms with Crippen LogP contribution in [0.5, 0.6) is 11.5 Å². The summed E-state index contributed by atoms with van der Waals surface area (Å²) < 4.78 is 15.8. The van der Waals surface area contributed by atoms with E-state index in [0.29, 0.717) is 28.3 Å². The van der Waals surface area contributed by atoms with Crippen molar-refractivity contribution >= 4 is 17.6 Å². The van der Waals surface area contributed by atoms with Crippen LogP contribution in [0.25, 0.3) is 0 Å². The van der Waals surface area contributed by atoms with E-state index in [2.05, 4.69) is 5.32 Å². The molecule has 7 heteroatoms. The SMILES string of the molecule is COc1ccc2c(c1OC)C(=O)OC2Nc1ccc(C(=O)O)cc1. The second-order valence-electron chi connectivity index (χ2n) is 5.08. The first-order valence-corrected chi connectivity index (χ1v) is 7.11. The Bertz CT molecular complexity index is 799. The highest BCUT2D eigenvalue weighted by atomic mass is 16.6. The molecule has 1 aliphatic heterocycles. The molecule has 7 nitrogen and oxygen atoms in total. The molecular weight excluding hydrogens is 314 g/mol. The molecular formula is C17H15NO6. The highest BCUT2D eigenvalue weighted by Gasteiger charge is 2.35. The molecule has 24 heavy (non-hydrogen) atoms. The van der Waals surface area contributed by atoms with Gasteiger partial charge in [0.25, 0.3) is 0 Å². The van der Waals surface area contributed by atoms with Crippen molar-refractivity contribution in [2.45, 2.75) is 6.23 Å². The highest BCUT2D eigenvalue weighted by Crippen LogP contribution is 2.41. The van der Waals surface area contributed by atoms with Gasteiger partial charge in [-0.25, -0.2) is 9.59 Å². The minimum Gasteiger partial charge on any atom is -0.493 e. The number of esters is 1. The Morgan fingerprint density at radius 2 is 1.83 bits per heavy atom. The van der Waals surface area contributed by atoms with Crippen LogP contribution >= 0.6 is 0 Å². The summed E-state index contributed by atoms with van der Waals surface area (Å²) in [6.07, 6.45) is -0.692. The zero-order chi connectivity index (χ0) is 17.3. The number of rotatable bonds is 5. The minimum absolute atomic E-state index is 0.177. The Balaban J connectivity index is 1.91. The third-order valence-corrected chi connectivity index (χ3v) is 3.72. The van der Waals surface area contributed by atoms with Crippen LogP contribution in [-0.2, 0) is 4.74 Å². The summed E-state index contributed by atoms with van der Waals surface area (Å²) >= 11 is 0. The number of carboxylic acid groups (broad SMARTS) is 1. The standard InChI is InChI=1S/C17H15NO6/c1-22-12-8-7-11-13(14(12)23-2)17(21)24-15(11)18-10-5-3-9(4-6-10)16(19)20/h3-8,15,18H,1-2H3,(H,19,20). The molecule has 0 radical (unpaired) electrons. The molecule has 0 aliphatic carbocycles. The Morgan fingerprint density at radius 1 is 1.12 bits per heavy atom. The van der Waals surface area contributed by atoms with Crippen LogP contribution in [0.3, 0.4) is 0 Å². The molecule has 0 spiro atoms. The lowest BCUT2D eigenvalue weighted by Gasteiger charge is -2.15. The normalized spacial score (nSPS) is 15.4. The number of benzene rings is 2. The lowest BCUT2D eigenvalue weighted by atomic mass is 10.1. The zero-order valence-corrected chi connectivity index (χ0v) is 13.0. The summed E-state index contributed by atoms with van der Waals surface area (Å²) in [6, 6.07) is 9.58. The van der Waals surface area contributed by atoms with Crippen molar-refractivity contribution in [3.05, 3.63) is 53.1 Å². The fourth-order valence-electron chi connectivity index (χ4n) is 2.57. The molecule has 3 rings (SSSR count). The number of aromatic carboxylic acids is 1. The van der Waals surface area contributed by atoms with Gasteiger partial charge in [-0.15, -0.1) is 0 Å². The smallest absolute Gasteiger partial charge is 0.344 e. The molecule has 1 aliphatic rings. The number of carbonyl (C=O) groups excluding carboxylic acids is 1. The van der Waals surface area contributed by atoms with Crippen molar-refractivity contribution in [1.82, 2.24) is 0 Å². The topological polar surface area (TPSA) is 94.1 Å². The van der Waals surface area contributed by atoms with Crippen molar-refractivity contribution in [1.29, 1.82) is 0 Å². The predicted molar refractivity (Wildman–Crippen MR) is 84.7 cm³/mol. The van der Waals surface area contributed by atoms with Crippen LogP contribution in [0.2, 0.25) is 0 Å². The van der Waals surface area contributed by atoms with E-state index >= 15 is 0 Å². The molecule has 124 valence electrons. The molecule has 2 aromatic rings. The first kappa shape index (κ1) is 15.7. The number of hydrogen-bond donors (Lipinski definition) is 2. The van der Waals surface area contributed by atoms with Crippen LogP contribution < -0.4 is 14.8 Å². The molecule has 0 fully saturated rings. The summed E-state index contributed by atoms with van der Waals surface area (Å²) in [5.41, 5.74) is 1.74. The fourth-order valence-corrected chi connectivity index (χ4v) is 2.57. The van der Waals surface area contributed by atoms with Crippen molar-refractivity contribution < 1.29 is 28.9 Å². The van der Waals surface area contributed by atoms with Gasteiger partial charge in [0.15, 0.2) is 11.5 Å². The number of methoxy groups -OCH3 is 2. The monoisotopic (exact) mass is 329 g/mol. The van der Waals surface area contributed by atoms with E-state index in [4.69, 9.17) is 19.3 Å². The molecule has 2 aromatic carbocycles. The Morgan fingerprint density at radius 3 is 2.42 bits per heavy atom. The van der Waals surface area contributed by atoms with Gasteiger partial charge < -0.3 is 24.6 Å². The number of hydrogen-bond acceptors (Lipinski definition) is 6. The van der Waals surface area contributed by atoms with Crippen molar-refractivity contribution in [3.8, 4) is 11.5 Å². The quantitative estimate of drug-likeness (QED) is 0.814. The van der Waals surface area contributed by atoms with E-state index in [0.717, 1.165) is 0 Å². The summed E-state index contributed by atoms with van der Waals surface area (Å²) in [5, 5.41) is 12.0. The summed E-state index contributed by atoms with van der Waals surface area (Å²) in [4.78, 5) is 23.1.